The Labute approximate surface area is 159 Å². The van der Waals surface area contributed by atoms with Crippen molar-refractivity contribution in [2.24, 2.45) is 10.4 Å². The number of nitrogens with one attached hydrogen (secondary N) is 1. The molecule has 26 heavy (non-hydrogen) atoms. The SMILES string of the molecule is CN=C(NC[C@H]1CCCN1S(C)(=O)=O)N1CCCC2(CCCCCC2)C1. The first kappa shape index (κ1) is 19.9. The maximum Gasteiger partial charge on any atom is 0.211 e. The third-order valence-corrected chi connectivity index (χ3v) is 7.91. The number of hydrogen-bond donors (Lipinski definition) is 1. The van der Waals surface area contributed by atoms with E-state index in [1.807, 2.05) is 7.05 Å². The highest BCUT2D eigenvalue weighted by Gasteiger charge is 2.37. The number of piperidine rings is 1. The molecular formula is C19H36N4O2S. The Kier molecular flexibility index (Phi) is 6.49. The van der Waals surface area contributed by atoms with Crippen LogP contribution in [0, 0.1) is 5.41 Å². The van der Waals surface area contributed by atoms with E-state index in [0.29, 0.717) is 18.5 Å². The van der Waals surface area contributed by atoms with Crippen molar-refractivity contribution in [3.8, 4) is 0 Å². The zero-order valence-corrected chi connectivity index (χ0v) is 17.4. The minimum absolute atomic E-state index is 0.0541. The summed E-state index contributed by atoms with van der Waals surface area (Å²) < 4.78 is 25.6. The van der Waals surface area contributed by atoms with Crippen molar-refractivity contribution < 1.29 is 8.42 Å². The van der Waals surface area contributed by atoms with Gasteiger partial charge < -0.3 is 10.2 Å². The summed E-state index contributed by atoms with van der Waals surface area (Å²) in [4.78, 5) is 6.95. The van der Waals surface area contributed by atoms with Crippen molar-refractivity contribution in [2.75, 3.05) is 39.5 Å². The van der Waals surface area contributed by atoms with E-state index >= 15 is 0 Å². The number of aliphatic imine (C=N–C) groups is 1. The predicted molar refractivity (Wildman–Crippen MR) is 107 cm³/mol. The van der Waals surface area contributed by atoms with Crippen LogP contribution in [-0.4, -0.2) is 69.1 Å². The van der Waals surface area contributed by atoms with Crippen LogP contribution in [0.15, 0.2) is 4.99 Å². The van der Waals surface area contributed by atoms with E-state index in [1.165, 1.54) is 57.6 Å². The third kappa shape index (κ3) is 4.71. The van der Waals surface area contributed by atoms with Gasteiger partial charge in [-0.05, 0) is 43.9 Å². The molecule has 150 valence electrons. The molecule has 0 unspecified atom stereocenters. The average Bonchev–Trinajstić information content (AvgIpc) is 2.98. The molecule has 0 aromatic rings. The highest BCUT2D eigenvalue weighted by molar-refractivity contribution is 7.88. The first-order chi connectivity index (χ1) is 12.4. The quantitative estimate of drug-likeness (QED) is 0.599. The molecule has 2 heterocycles. The van der Waals surface area contributed by atoms with E-state index in [4.69, 9.17) is 0 Å². The summed E-state index contributed by atoms with van der Waals surface area (Å²) in [6, 6.07) is 0.0541. The summed E-state index contributed by atoms with van der Waals surface area (Å²) in [6.45, 7) is 3.47. The second kappa shape index (κ2) is 8.46. The molecule has 0 radical (unpaired) electrons. The zero-order valence-electron chi connectivity index (χ0n) is 16.5. The van der Waals surface area contributed by atoms with Crippen LogP contribution in [0.2, 0.25) is 0 Å². The molecule has 1 atom stereocenters. The first-order valence-electron chi connectivity index (χ1n) is 10.4. The van der Waals surface area contributed by atoms with Gasteiger partial charge in [-0.3, -0.25) is 4.99 Å². The minimum atomic E-state index is -3.12. The molecule has 3 rings (SSSR count). The Balaban J connectivity index is 1.60. The number of guanidine groups is 1. The number of sulfonamides is 1. The standard InChI is InChI=1S/C19H36N4O2S/c1-20-18(21-15-17-9-7-14-23(17)26(2,24)25)22-13-8-12-19(16-22)10-5-3-4-6-11-19/h17H,3-16H2,1-2H3,(H,20,21)/t17-/m1/s1. The Bertz CT molecular complexity index is 597. The van der Waals surface area contributed by atoms with Crippen molar-refractivity contribution in [3.63, 3.8) is 0 Å². The van der Waals surface area contributed by atoms with Crippen molar-refractivity contribution >= 4 is 16.0 Å². The molecule has 1 aliphatic carbocycles. The molecule has 0 bridgehead atoms. The fourth-order valence-electron chi connectivity index (χ4n) is 5.27. The highest BCUT2D eigenvalue weighted by Crippen LogP contribution is 2.42. The van der Waals surface area contributed by atoms with E-state index in [0.717, 1.165) is 31.9 Å². The lowest BCUT2D eigenvalue weighted by Gasteiger charge is -2.44. The molecule has 0 amide bonds. The van der Waals surface area contributed by atoms with Crippen LogP contribution in [0.1, 0.15) is 64.2 Å². The highest BCUT2D eigenvalue weighted by atomic mass is 32.2. The molecule has 2 saturated heterocycles. The normalized spacial score (nSPS) is 28.3. The Morgan fingerprint density at radius 3 is 2.42 bits per heavy atom. The fourth-order valence-corrected chi connectivity index (χ4v) is 6.45. The van der Waals surface area contributed by atoms with Crippen LogP contribution in [0.4, 0.5) is 0 Å². The number of hydrogen-bond acceptors (Lipinski definition) is 3. The average molecular weight is 385 g/mol. The van der Waals surface area contributed by atoms with E-state index in [2.05, 4.69) is 15.2 Å². The molecule has 7 heteroatoms. The molecule has 6 nitrogen and oxygen atoms in total. The molecule has 3 fully saturated rings. The number of nitrogens with zero attached hydrogens (tertiary/aromatic N) is 3. The molecule has 1 spiro atoms. The fraction of sp³-hybridized carbons (Fsp3) is 0.947. The van der Waals surface area contributed by atoms with Crippen molar-refractivity contribution in [1.82, 2.24) is 14.5 Å². The van der Waals surface area contributed by atoms with Gasteiger partial charge in [-0.15, -0.1) is 0 Å². The maximum absolute atomic E-state index is 12.0. The van der Waals surface area contributed by atoms with Crippen LogP contribution in [0.25, 0.3) is 0 Å². The first-order valence-corrected chi connectivity index (χ1v) is 12.2. The lowest BCUT2D eigenvalue weighted by atomic mass is 9.74. The largest absolute Gasteiger partial charge is 0.355 e. The summed E-state index contributed by atoms with van der Waals surface area (Å²) in [5.74, 6) is 0.952. The topological polar surface area (TPSA) is 65.0 Å². The maximum atomic E-state index is 12.0. The Morgan fingerprint density at radius 2 is 1.77 bits per heavy atom. The zero-order chi connectivity index (χ0) is 18.6. The lowest BCUT2D eigenvalue weighted by Crippen LogP contribution is -2.52. The van der Waals surface area contributed by atoms with Gasteiger partial charge in [-0.1, -0.05) is 25.7 Å². The van der Waals surface area contributed by atoms with E-state index in [1.54, 1.807) is 4.31 Å². The van der Waals surface area contributed by atoms with Gasteiger partial charge in [0.05, 0.1) is 6.26 Å². The molecular weight excluding hydrogens is 348 g/mol. The van der Waals surface area contributed by atoms with Gasteiger partial charge in [0.1, 0.15) is 0 Å². The Hall–Kier alpha value is -0.820. The van der Waals surface area contributed by atoms with Crippen LogP contribution in [-0.2, 0) is 10.0 Å². The second-order valence-corrected chi connectivity index (χ2v) is 10.5. The van der Waals surface area contributed by atoms with E-state index < -0.39 is 10.0 Å². The van der Waals surface area contributed by atoms with Gasteiger partial charge >= 0.3 is 0 Å². The van der Waals surface area contributed by atoms with Crippen molar-refractivity contribution in [3.05, 3.63) is 0 Å². The van der Waals surface area contributed by atoms with Crippen LogP contribution < -0.4 is 5.32 Å². The molecule has 1 saturated carbocycles. The third-order valence-electron chi connectivity index (χ3n) is 6.58. The van der Waals surface area contributed by atoms with Gasteiger partial charge in [-0.25, -0.2) is 8.42 Å². The smallest absolute Gasteiger partial charge is 0.211 e. The monoisotopic (exact) mass is 384 g/mol. The molecule has 1 N–H and O–H groups in total. The molecule has 2 aliphatic heterocycles. The Morgan fingerprint density at radius 1 is 1.08 bits per heavy atom. The van der Waals surface area contributed by atoms with Gasteiger partial charge in [0.2, 0.25) is 10.0 Å². The lowest BCUT2D eigenvalue weighted by molar-refractivity contribution is 0.115. The molecule has 0 aromatic carbocycles. The molecule has 0 aromatic heterocycles. The summed E-state index contributed by atoms with van der Waals surface area (Å²) in [5.41, 5.74) is 0.471. The van der Waals surface area contributed by atoms with Crippen molar-refractivity contribution in [2.45, 2.75) is 70.3 Å². The predicted octanol–water partition coefficient (Wildman–Crippen LogP) is 2.42. The summed E-state index contributed by atoms with van der Waals surface area (Å²) in [5, 5.41) is 3.49. The number of likely N-dealkylation sites (tertiary alicyclic amines) is 1. The summed E-state index contributed by atoms with van der Waals surface area (Å²) in [7, 11) is -1.27. The van der Waals surface area contributed by atoms with Crippen LogP contribution in [0.5, 0.6) is 0 Å². The van der Waals surface area contributed by atoms with Gasteiger partial charge in [0, 0.05) is 39.3 Å². The second-order valence-electron chi connectivity index (χ2n) is 8.54. The molecule has 3 aliphatic rings. The van der Waals surface area contributed by atoms with Gasteiger partial charge in [0.25, 0.3) is 0 Å². The van der Waals surface area contributed by atoms with E-state index in [-0.39, 0.29) is 6.04 Å². The number of rotatable bonds is 3. The van der Waals surface area contributed by atoms with Gasteiger partial charge in [-0.2, -0.15) is 4.31 Å². The van der Waals surface area contributed by atoms with Crippen LogP contribution in [0.3, 0.4) is 0 Å². The minimum Gasteiger partial charge on any atom is -0.355 e. The van der Waals surface area contributed by atoms with Crippen molar-refractivity contribution in [1.29, 1.82) is 0 Å². The van der Waals surface area contributed by atoms with E-state index in [9.17, 15) is 8.42 Å². The van der Waals surface area contributed by atoms with Crippen LogP contribution >= 0.6 is 0 Å². The van der Waals surface area contributed by atoms with Gasteiger partial charge in [0.15, 0.2) is 5.96 Å². The summed E-state index contributed by atoms with van der Waals surface area (Å²) >= 11 is 0. The summed E-state index contributed by atoms with van der Waals surface area (Å²) in [6.07, 6.45) is 14.0.